The summed E-state index contributed by atoms with van der Waals surface area (Å²) in [5.74, 6) is 2.37. The lowest BCUT2D eigenvalue weighted by atomic mass is 9.96. The summed E-state index contributed by atoms with van der Waals surface area (Å²) in [4.78, 5) is 0. The van der Waals surface area contributed by atoms with Gasteiger partial charge < -0.3 is 5.32 Å². The van der Waals surface area contributed by atoms with Gasteiger partial charge in [0.1, 0.15) is 0 Å². The molecule has 0 aliphatic heterocycles. The Morgan fingerprint density at radius 2 is 1.74 bits per heavy atom. The van der Waals surface area contributed by atoms with Crippen LogP contribution in [0.1, 0.15) is 48.8 Å². The average molecular weight is 277 g/mol. The number of hydrogen-bond acceptors (Lipinski definition) is 2. The Labute approximate surface area is 122 Å². The van der Waals surface area contributed by atoms with E-state index in [9.17, 15) is 0 Å². The fourth-order valence-corrected chi connectivity index (χ4v) is 3.79. The van der Waals surface area contributed by atoms with Crippen LogP contribution in [0.25, 0.3) is 0 Å². The lowest BCUT2D eigenvalue weighted by molar-refractivity contribution is 0.381. The highest BCUT2D eigenvalue weighted by Gasteiger charge is 2.11. The zero-order chi connectivity index (χ0) is 13.5. The molecule has 0 heterocycles. The lowest BCUT2D eigenvalue weighted by Crippen LogP contribution is -2.32. The van der Waals surface area contributed by atoms with Crippen LogP contribution in [0, 0.1) is 13.8 Å². The predicted molar refractivity (Wildman–Crippen MR) is 87.0 cm³/mol. The molecular formula is C17H27NS. The molecule has 0 amide bonds. The highest BCUT2D eigenvalue weighted by Crippen LogP contribution is 2.18. The second-order valence-corrected chi connectivity index (χ2v) is 6.94. The Balaban J connectivity index is 1.60. The highest BCUT2D eigenvalue weighted by molar-refractivity contribution is 7.98. The normalized spacial score (nSPS) is 16.7. The van der Waals surface area contributed by atoms with Gasteiger partial charge in [0.25, 0.3) is 0 Å². The smallest absolute Gasteiger partial charge is 0.0185 e. The summed E-state index contributed by atoms with van der Waals surface area (Å²) in [6, 6.07) is 7.68. The number of benzene rings is 1. The van der Waals surface area contributed by atoms with Crippen LogP contribution in [0.2, 0.25) is 0 Å². The van der Waals surface area contributed by atoms with Crippen LogP contribution in [0.15, 0.2) is 18.2 Å². The minimum absolute atomic E-state index is 0.801. The van der Waals surface area contributed by atoms with Crippen molar-refractivity contribution in [2.45, 2.75) is 57.7 Å². The number of nitrogens with one attached hydrogen (secondary N) is 1. The molecule has 0 spiro atoms. The van der Waals surface area contributed by atoms with Crippen LogP contribution in [-0.2, 0) is 5.75 Å². The molecule has 106 valence electrons. The van der Waals surface area contributed by atoms with Crippen molar-refractivity contribution >= 4 is 11.8 Å². The Bertz CT molecular complexity index is 363. The quantitative estimate of drug-likeness (QED) is 0.771. The van der Waals surface area contributed by atoms with Crippen molar-refractivity contribution < 1.29 is 0 Å². The number of aryl methyl sites for hydroxylation is 2. The summed E-state index contributed by atoms with van der Waals surface area (Å²) >= 11 is 2.05. The molecule has 2 heteroatoms. The Hall–Kier alpha value is -0.470. The molecule has 1 aromatic carbocycles. The second-order valence-electron chi connectivity index (χ2n) is 5.84. The molecule has 1 aromatic rings. The molecule has 0 atom stereocenters. The van der Waals surface area contributed by atoms with E-state index in [0.717, 1.165) is 11.8 Å². The van der Waals surface area contributed by atoms with Gasteiger partial charge in [-0.3, -0.25) is 0 Å². The van der Waals surface area contributed by atoms with E-state index >= 15 is 0 Å². The fourth-order valence-electron chi connectivity index (χ4n) is 2.98. The van der Waals surface area contributed by atoms with Crippen LogP contribution >= 0.6 is 11.8 Å². The van der Waals surface area contributed by atoms with Crippen molar-refractivity contribution in [1.29, 1.82) is 0 Å². The Morgan fingerprint density at radius 1 is 1.05 bits per heavy atom. The van der Waals surface area contributed by atoms with E-state index in [1.807, 2.05) is 11.8 Å². The summed E-state index contributed by atoms with van der Waals surface area (Å²) in [7, 11) is 0. The molecule has 2 rings (SSSR count). The van der Waals surface area contributed by atoms with Gasteiger partial charge in [0.15, 0.2) is 0 Å². The van der Waals surface area contributed by atoms with Gasteiger partial charge >= 0.3 is 0 Å². The standard InChI is InChI=1S/C17H27NS/c1-14-10-15(2)12-16(11-14)13-19-9-8-18-17-6-4-3-5-7-17/h10-12,17-18H,3-9,13H2,1-2H3. The van der Waals surface area contributed by atoms with Crippen LogP contribution in [-0.4, -0.2) is 18.3 Å². The molecule has 19 heavy (non-hydrogen) atoms. The van der Waals surface area contributed by atoms with Gasteiger partial charge in [-0.15, -0.1) is 0 Å². The van der Waals surface area contributed by atoms with E-state index < -0.39 is 0 Å². The number of rotatable bonds is 6. The molecule has 0 unspecified atom stereocenters. The summed E-state index contributed by atoms with van der Waals surface area (Å²) in [5.41, 5.74) is 4.24. The van der Waals surface area contributed by atoms with Crippen LogP contribution < -0.4 is 5.32 Å². The van der Waals surface area contributed by atoms with Gasteiger partial charge in [-0.1, -0.05) is 48.6 Å². The van der Waals surface area contributed by atoms with Gasteiger partial charge in [-0.25, -0.2) is 0 Å². The molecule has 1 N–H and O–H groups in total. The van der Waals surface area contributed by atoms with E-state index in [0.29, 0.717) is 0 Å². The molecule has 1 fully saturated rings. The summed E-state index contributed by atoms with van der Waals surface area (Å²) in [6.07, 6.45) is 7.07. The van der Waals surface area contributed by atoms with Gasteiger partial charge in [0, 0.05) is 24.1 Å². The van der Waals surface area contributed by atoms with Crippen molar-refractivity contribution in [2.24, 2.45) is 0 Å². The van der Waals surface area contributed by atoms with E-state index in [4.69, 9.17) is 0 Å². The molecule has 1 nitrogen and oxygen atoms in total. The van der Waals surface area contributed by atoms with Crippen molar-refractivity contribution in [3.63, 3.8) is 0 Å². The maximum atomic E-state index is 3.71. The third kappa shape index (κ3) is 5.58. The average Bonchev–Trinajstić information content (AvgIpc) is 2.38. The topological polar surface area (TPSA) is 12.0 Å². The molecule has 1 aliphatic carbocycles. The predicted octanol–water partition coefficient (Wildman–Crippen LogP) is 4.46. The van der Waals surface area contributed by atoms with E-state index in [2.05, 4.69) is 37.4 Å². The summed E-state index contributed by atoms with van der Waals surface area (Å²) in [5, 5.41) is 3.71. The van der Waals surface area contributed by atoms with Crippen molar-refractivity contribution in [2.75, 3.05) is 12.3 Å². The number of hydrogen-bond donors (Lipinski definition) is 1. The molecule has 0 bridgehead atoms. The van der Waals surface area contributed by atoms with E-state index in [-0.39, 0.29) is 0 Å². The summed E-state index contributed by atoms with van der Waals surface area (Å²) in [6.45, 7) is 5.54. The highest BCUT2D eigenvalue weighted by atomic mass is 32.2. The molecular weight excluding hydrogens is 250 g/mol. The third-order valence-electron chi connectivity index (χ3n) is 3.83. The first kappa shape index (κ1) is 14.9. The van der Waals surface area contributed by atoms with Crippen LogP contribution in [0.4, 0.5) is 0 Å². The van der Waals surface area contributed by atoms with Crippen molar-refractivity contribution in [3.05, 3.63) is 34.9 Å². The van der Waals surface area contributed by atoms with Crippen molar-refractivity contribution in [3.8, 4) is 0 Å². The Morgan fingerprint density at radius 3 is 2.42 bits per heavy atom. The van der Waals surface area contributed by atoms with Crippen molar-refractivity contribution in [1.82, 2.24) is 5.32 Å². The minimum Gasteiger partial charge on any atom is -0.313 e. The van der Waals surface area contributed by atoms with E-state index in [1.165, 1.54) is 61.1 Å². The molecule has 0 radical (unpaired) electrons. The third-order valence-corrected chi connectivity index (χ3v) is 4.87. The maximum Gasteiger partial charge on any atom is 0.0185 e. The van der Waals surface area contributed by atoms with Gasteiger partial charge in [0.05, 0.1) is 0 Å². The van der Waals surface area contributed by atoms with Crippen LogP contribution in [0.3, 0.4) is 0 Å². The zero-order valence-corrected chi connectivity index (χ0v) is 13.2. The monoisotopic (exact) mass is 277 g/mol. The maximum absolute atomic E-state index is 3.71. The van der Waals surface area contributed by atoms with Gasteiger partial charge in [0.2, 0.25) is 0 Å². The summed E-state index contributed by atoms with van der Waals surface area (Å²) < 4.78 is 0. The van der Waals surface area contributed by atoms with Gasteiger partial charge in [-0.2, -0.15) is 11.8 Å². The lowest BCUT2D eigenvalue weighted by Gasteiger charge is -2.22. The molecule has 1 aliphatic rings. The SMILES string of the molecule is Cc1cc(C)cc(CSCCNC2CCCCC2)c1. The molecule has 0 saturated heterocycles. The second kappa shape index (κ2) is 7.96. The van der Waals surface area contributed by atoms with E-state index in [1.54, 1.807) is 0 Å². The van der Waals surface area contributed by atoms with Gasteiger partial charge in [-0.05, 0) is 32.3 Å². The van der Waals surface area contributed by atoms with Crippen LogP contribution in [0.5, 0.6) is 0 Å². The number of thioether (sulfide) groups is 1. The Kier molecular flexibility index (Phi) is 6.25. The first-order chi connectivity index (χ1) is 9.24. The molecule has 0 aromatic heterocycles. The zero-order valence-electron chi connectivity index (χ0n) is 12.4. The largest absolute Gasteiger partial charge is 0.313 e. The minimum atomic E-state index is 0.801. The first-order valence-corrected chi connectivity index (χ1v) is 8.78. The molecule has 1 saturated carbocycles. The fraction of sp³-hybridized carbons (Fsp3) is 0.647. The first-order valence-electron chi connectivity index (χ1n) is 7.62.